The summed E-state index contributed by atoms with van der Waals surface area (Å²) in [4.78, 5) is 3.55. The Morgan fingerprint density at radius 3 is 1.83 bits per heavy atom. The Morgan fingerprint density at radius 2 is 1.83 bits per heavy atom. The molecule has 4 nitrogen and oxygen atoms in total. The smallest absolute Gasteiger partial charge is 0.291 e. The van der Waals surface area contributed by atoms with E-state index in [2.05, 4.69) is 10.7 Å². The lowest BCUT2D eigenvalue weighted by atomic mass is 10.7. The quantitative estimate of drug-likeness (QED) is 0.273. The highest BCUT2D eigenvalue weighted by atomic mass is 16.8. The molecule has 6 heavy (non-hydrogen) atoms. The molecule has 0 heterocycles. The van der Waals surface area contributed by atoms with Crippen molar-refractivity contribution >= 4 is 0 Å². The van der Waals surface area contributed by atoms with E-state index in [9.17, 15) is 0 Å². The molecule has 0 radical (unpaired) electrons. The second-order valence-corrected chi connectivity index (χ2v) is 1.05. The van der Waals surface area contributed by atoms with Crippen molar-refractivity contribution in [3.8, 4) is 0 Å². The van der Waals surface area contributed by atoms with Gasteiger partial charge in [0, 0.05) is 6.92 Å². The number of aliphatic hydroxyl groups is 2. The van der Waals surface area contributed by atoms with E-state index in [1.807, 2.05) is 0 Å². The average Bonchev–Trinajstić information content (AvgIpc) is 1.35. The maximum absolute atomic E-state index is 8.03. The Hall–Kier alpha value is -0.160. The fraction of sp³-hybridized carbons (Fsp3) is 1.00. The summed E-state index contributed by atoms with van der Waals surface area (Å²) in [5, 5.41) is 16.1. The normalized spacial score (nSPS) is 12.0. The van der Waals surface area contributed by atoms with Crippen LogP contribution >= 0.6 is 0 Å². The first-order valence-corrected chi connectivity index (χ1v) is 1.39. The molecule has 0 aliphatic carbocycles. The van der Waals surface area contributed by atoms with Gasteiger partial charge in [0.2, 0.25) is 0 Å². The SMILES string of the molecule is CC(O)(O)ON. The number of nitrogens with two attached hydrogens (primary N) is 1. The van der Waals surface area contributed by atoms with Crippen LogP contribution in [0.5, 0.6) is 0 Å². The molecule has 0 atom stereocenters. The van der Waals surface area contributed by atoms with Gasteiger partial charge in [-0.25, -0.2) is 10.7 Å². The van der Waals surface area contributed by atoms with E-state index in [0.717, 1.165) is 6.92 Å². The van der Waals surface area contributed by atoms with Gasteiger partial charge in [0.1, 0.15) is 0 Å². The number of hydrogen-bond donors (Lipinski definition) is 3. The standard InChI is InChI=1S/C2H7NO3/c1-2(4,5)6-3/h4-5H,3H2,1H3. The summed E-state index contributed by atoms with van der Waals surface area (Å²) in [6.45, 7) is 1.01. The molecule has 0 spiro atoms. The van der Waals surface area contributed by atoms with Crippen LogP contribution in [0.25, 0.3) is 0 Å². The highest BCUT2D eigenvalue weighted by Crippen LogP contribution is 1.90. The van der Waals surface area contributed by atoms with Crippen LogP contribution < -0.4 is 5.90 Å². The van der Waals surface area contributed by atoms with Gasteiger partial charge in [-0.2, -0.15) is 0 Å². The Labute approximate surface area is 35.1 Å². The van der Waals surface area contributed by atoms with Crippen molar-refractivity contribution in [2.24, 2.45) is 5.90 Å². The largest absolute Gasteiger partial charge is 0.343 e. The topological polar surface area (TPSA) is 75.7 Å². The number of hydrogen-bond acceptors (Lipinski definition) is 4. The third-order valence-corrected chi connectivity index (χ3v) is 0.223. The maximum Gasteiger partial charge on any atom is 0.291 e. The van der Waals surface area contributed by atoms with E-state index in [1.165, 1.54) is 0 Å². The van der Waals surface area contributed by atoms with E-state index >= 15 is 0 Å². The lowest BCUT2D eigenvalue weighted by Crippen LogP contribution is -2.30. The molecule has 0 aromatic heterocycles. The molecule has 4 heteroatoms. The van der Waals surface area contributed by atoms with Gasteiger partial charge in [-0.15, -0.1) is 0 Å². The lowest BCUT2D eigenvalue weighted by molar-refractivity contribution is -0.328. The van der Waals surface area contributed by atoms with Crippen LogP contribution in [0.3, 0.4) is 0 Å². The molecule has 0 aromatic rings. The van der Waals surface area contributed by atoms with E-state index < -0.39 is 5.97 Å². The van der Waals surface area contributed by atoms with Crippen LogP contribution in [-0.4, -0.2) is 16.2 Å². The summed E-state index contributed by atoms with van der Waals surface area (Å²) in [6, 6.07) is 0. The zero-order valence-electron chi connectivity index (χ0n) is 3.38. The van der Waals surface area contributed by atoms with Crippen molar-refractivity contribution < 1.29 is 15.1 Å². The first-order valence-electron chi connectivity index (χ1n) is 1.39. The molecule has 0 aromatic carbocycles. The highest BCUT2D eigenvalue weighted by Gasteiger charge is 2.11. The summed E-state index contributed by atoms with van der Waals surface area (Å²) >= 11 is 0. The summed E-state index contributed by atoms with van der Waals surface area (Å²) in [7, 11) is 0. The highest BCUT2D eigenvalue weighted by molar-refractivity contribution is 4.26. The van der Waals surface area contributed by atoms with Crippen LogP contribution in [-0.2, 0) is 4.84 Å². The van der Waals surface area contributed by atoms with Gasteiger partial charge in [0.05, 0.1) is 0 Å². The predicted octanol–water partition coefficient (Wildman–Crippen LogP) is -1.47. The van der Waals surface area contributed by atoms with Crippen molar-refractivity contribution in [3.63, 3.8) is 0 Å². The van der Waals surface area contributed by atoms with Crippen molar-refractivity contribution in [1.29, 1.82) is 0 Å². The first-order chi connectivity index (χ1) is 2.56. The van der Waals surface area contributed by atoms with Crippen LogP contribution in [0.4, 0.5) is 0 Å². The van der Waals surface area contributed by atoms with Crippen LogP contribution in [0.15, 0.2) is 0 Å². The lowest BCUT2D eigenvalue weighted by Gasteiger charge is -2.09. The average molecular weight is 93.1 g/mol. The molecule has 38 valence electrons. The van der Waals surface area contributed by atoms with Gasteiger partial charge >= 0.3 is 0 Å². The minimum Gasteiger partial charge on any atom is -0.343 e. The Bertz CT molecular complexity index is 38.5. The molecular formula is C2H7NO3. The van der Waals surface area contributed by atoms with E-state index in [-0.39, 0.29) is 0 Å². The molecule has 0 bridgehead atoms. The van der Waals surface area contributed by atoms with Gasteiger partial charge in [0.15, 0.2) is 0 Å². The molecule has 0 amide bonds. The summed E-state index contributed by atoms with van der Waals surface area (Å²) < 4.78 is 0. The molecule has 0 aliphatic heterocycles. The minimum absolute atomic E-state index is 1.01. The second kappa shape index (κ2) is 1.53. The molecule has 0 aliphatic rings. The monoisotopic (exact) mass is 93.0 g/mol. The summed E-state index contributed by atoms with van der Waals surface area (Å²) in [5.74, 6) is 2.12. The van der Waals surface area contributed by atoms with Crippen molar-refractivity contribution in [2.75, 3.05) is 0 Å². The van der Waals surface area contributed by atoms with Gasteiger partial charge < -0.3 is 10.2 Å². The summed E-state index contributed by atoms with van der Waals surface area (Å²) in [5.41, 5.74) is 0. The van der Waals surface area contributed by atoms with Crippen molar-refractivity contribution in [3.05, 3.63) is 0 Å². The summed E-state index contributed by atoms with van der Waals surface area (Å²) in [6.07, 6.45) is 0. The second-order valence-electron chi connectivity index (χ2n) is 1.05. The van der Waals surface area contributed by atoms with Gasteiger partial charge in [0.25, 0.3) is 5.97 Å². The Balaban J connectivity index is 3.17. The van der Waals surface area contributed by atoms with Crippen molar-refractivity contribution in [2.45, 2.75) is 12.9 Å². The van der Waals surface area contributed by atoms with E-state index in [0.29, 0.717) is 0 Å². The fourth-order valence-electron chi connectivity index (χ4n) is 0. The zero-order valence-corrected chi connectivity index (χ0v) is 3.38. The minimum atomic E-state index is -2.18. The van der Waals surface area contributed by atoms with E-state index in [4.69, 9.17) is 10.2 Å². The van der Waals surface area contributed by atoms with Crippen molar-refractivity contribution in [1.82, 2.24) is 0 Å². The molecule has 0 fully saturated rings. The molecule has 0 saturated carbocycles. The molecular weight excluding hydrogens is 86.0 g/mol. The van der Waals surface area contributed by atoms with E-state index in [1.54, 1.807) is 0 Å². The van der Waals surface area contributed by atoms with Crippen LogP contribution in [0.1, 0.15) is 6.92 Å². The maximum atomic E-state index is 8.03. The fourth-order valence-corrected chi connectivity index (χ4v) is 0. The first kappa shape index (κ1) is 5.84. The molecule has 0 unspecified atom stereocenters. The van der Waals surface area contributed by atoms with Crippen LogP contribution in [0.2, 0.25) is 0 Å². The predicted molar refractivity (Wildman–Crippen MR) is 18.1 cm³/mol. The van der Waals surface area contributed by atoms with Gasteiger partial charge in [-0.1, -0.05) is 0 Å². The van der Waals surface area contributed by atoms with Crippen LogP contribution in [0, 0.1) is 0 Å². The van der Waals surface area contributed by atoms with Gasteiger partial charge in [-0.3, -0.25) is 0 Å². The molecule has 4 N–H and O–H groups in total. The number of rotatable bonds is 1. The Morgan fingerprint density at radius 1 is 1.67 bits per heavy atom. The third kappa shape index (κ3) is 3.84. The third-order valence-electron chi connectivity index (χ3n) is 0.223. The molecule has 0 saturated heterocycles. The molecule has 0 rings (SSSR count). The Kier molecular flexibility index (Phi) is 1.48. The van der Waals surface area contributed by atoms with Gasteiger partial charge in [-0.05, 0) is 0 Å². The zero-order chi connectivity index (χ0) is 5.21.